The molecule has 0 saturated heterocycles. The van der Waals surface area contributed by atoms with Crippen molar-refractivity contribution in [2.24, 2.45) is 0 Å². The van der Waals surface area contributed by atoms with Crippen LogP contribution in [0.2, 0.25) is 0 Å². The van der Waals surface area contributed by atoms with Crippen molar-refractivity contribution in [1.82, 2.24) is 14.7 Å². The molecule has 0 spiro atoms. The van der Waals surface area contributed by atoms with Crippen molar-refractivity contribution in [3.8, 4) is 16.9 Å². The van der Waals surface area contributed by atoms with Gasteiger partial charge in [-0.25, -0.2) is 4.68 Å². The van der Waals surface area contributed by atoms with Gasteiger partial charge in [0.2, 0.25) is 5.91 Å². The van der Waals surface area contributed by atoms with E-state index in [0.717, 1.165) is 33.6 Å². The van der Waals surface area contributed by atoms with Crippen LogP contribution in [-0.2, 0) is 4.79 Å². The van der Waals surface area contributed by atoms with E-state index in [4.69, 9.17) is 5.10 Å². The van der Waals surface area contributed by atoms with Crippen LogP contribution in [0.5, 0.6) is 0 Å². The topological polar surface area (TPSA) is 67.2 Å². The molecule has 4 rings (SSSR count). The number of aromatic nitrogens is 2. The maximum atomic E-state index is 13.5. The number of amides is 2. The number of hydrogen-bond acceptors (Lipinski definition) is 3. The standard InChI is InChI=1S/C28H28N4O2/c1-19-11-8-9-16-23(19)27-24(17-32(30-27)22-14-6-5-7-15-22)28(34)31(4)18-25(33)29-26-20(2)12-10-13-21(26)3/h5-17H,18H2,1-4H3,(H,29,33). The summed E-state index contributed by atoms with van der Waals surface area (Å²) >= 11 is 0. The predicted octanol–water partition coefficient (Wildman–Crippen LogP) is 5.18. The number of para-hydroxylation sites is 2. The molecule has 0 fully saturated rings. The molecule has 6 nitrogen and oxygen atoms in total. The zero-order valence-corrected chi connectivity index (χ0v) is 19.9. The molecule has 1 heterocycles. The molecular formula is C28H28N4O2. The molecule has 0 aliphatic heterocycles. The van der Waals surface area contributed by atoms with Crippen LogP contribution in [0.15, 0.2) is 79.0 Å². The summed E-state index contributed by atoms with van der Waals surface area (Å²) in [5, 5.41) is 7.70. The Morgan fingerprint density at radius 1 is 0.853 bits per heavy atom. The Hall–Kier alpha value is -4.19. The lowest BCUT2D eigenvalue weighted by Gasteiger charge is -2.18. The number of nitrogens with zero attached hydrogens (tertiary/aromatic N) is 3. The molecule has 0 bridgehead atoms. The van der Waals surface area contributed by atoms with Gasteiger partial charge in [-0.3, -0.25) is 9.59 Å². The number of likely N-dealkylation sites (N-methyl/N-ethyl adjacent to an activating group) is 1. The van der Waals surface area contributed by atoms with Crippen molar-refractivity contribution >= 4 is 17.5 Å². The molecule has 1 aromatic heterocycles. The highest BCUT2D eigenvalue weighted by atomic mass is 16.2. The molecule has 0 radical (unpaired) electrons. The first-order chi connectivity index (χ1) is 16.3. The van der Waals surface area contributed by atoms with Crippen LogP contribution in [0.3, 0.4) is 0 Å². The molecule has 6 heteroatoms. The van der Waals surface area contributed by atoms with Crippen molar-refractivity contribution in [3.63, 3.8) is 0 Å². The van der Waals surface area contributed by atoms with E-state index in [1.54, 1.807) is 17.9 Å². The van der Waals surface area contributed by atoms with Crippen molar-refractivity contribution in [3.05, 3.63) is 101 Å². The summed E-state index contributed by atoms with van der Waals surface area (Å²) in [5.74, 6) is -0.516. The minimum absolute atomic E-state index is 0.0731. The molecule has 0 aliphatic rings. The normalized spacial score (nSPS) is 10.7. The van der Waals surface area contributed by atoms with E-state index in [1.807, 2.05) is 93.6 Å². The second-order valence-corrected chi connectivity index (χ2v) is 8.46. The molecule has 0 saturated carbocycles. The Morgan fingerprint density at radius 3 is 2.15 bits per heavy atom. The zero-order chi connectivity index (χ0) is 24.2. The van der Waals surface area contributed by atoms with Gasteiger partial charge in [0, 0.05) is 24.5 Å². The Bertz CT molecular complexity index is 1320. The number of rotatable bonds is 6. The van der Waals surface area contributed by atoms with Gasteiger partial charge in [-0.15, -0.1) is 0 Å². The molecule has 172 valence electrons. The summed E-state index contributed by atoms with van der Waals surface area (Å²) in [7, 11) is 1.63. The molecule has 3 aromatic carbocycles. The molecule has 34 heavy (non-hydrogen) atoms. The van der Waals surface area contributed by atoms with Crippen LogP contribution in [0.4, 0.5) is 5.69 Å². The Morgan fingerprint density at radius 2 is 1.47 bits per heavy atom. The van der Waals surface area contributed by atoms with Gasteiger partial charge >= 0.3 is 0 Å². The first-order valence-corrected chi connectivity index (χ1v) is 11.2. The number of benzene rings is 3. The van der Waals surface area contributed by atoms with Gasteiger partial charge in [-0.2, -0.15) is 5.10 Å². The summed E-state index contributed by atoms with van der Waals surface area (Å²) in [6, 6.07) is 23.3. The number of hydrogen-bond donors (Lipinski definition) is 1. The first-order valence-electron chi connectivity index (χ1n) is 11.2. The van der Waals surface area contributed by atoms with E-state index < -0.39 is 0 Å². The van der Waals surface area contributed by atoms with Crippen LogP contribution >= 0.6 is 0 Å². The van der Waals surface area contributed by atoms with E-state index in [9.17, 15) is 9.59 Å². The second-order valence-electron chi connectivity index (χ2n) is 8.46. The smallest absolute Gasteiger partial charge is 0.257 e. The quantitative estimate of drug-likeness (QED) is 0.439. The lowest BCUT2D eigenvalue weighted by molar-refractivity contribution is -0.116. The predicted molar refractivity (Wildman–Crippen MR) is 135 cm³/mol. The Balaban J connectivity index is 1.63. The van der Waals surface area contributed by atoms with Gasteiger partial charge in [-0.05, 0) is 49.6 Å². The molecule has 0 aliphatic carbocycles. The SMILES string of the molecule is Cc1ccccc1-c1nn(-c2ccccc2)cc1C(=O)N(C)CC(=O)Nc1c(C)cccc1C. The third-order valence-corrected chi connectivity index (χ3v) is 5.84. The average Bonchev–Trinajstić information content (AvgIpc) is 3.27. The largest absolute Gasteiger partial charge is 0.332 e. The molecule has 0 unspecified atom stereocenters. The molecule has 2 amide bonds. The van der Waals surface area contributed by atoms with Gasteiger partial charge in [0.15, 0.2) is 0 Å². The number of carbonyl (C=O) groups excluding carboxylic acids is 2. The van der Waals surface area contributed by atoms with Crippen molar-refractivity contribution in [2.45, 2.75) is 20.8 Å². The van der Waals surface area contributed by atoms with E-state index in [0.29, 0.717) is 11.3 Å². The minimum atomic E-state index is -0.267. The number of aryl methyl sites for hydroxylation is 3. The van der Waals surface area contributed by atoms with Crippen LogP contribution in [0.25, 0.3) is 16.9 Å². The number of carbonyl (C=O) groups is 2. The summed E-state index contributed by atoms with van der Waals surface area (Å²) in [5.41, 5.74) is 6.54. The highest BCUT2D eigenvalue weighted by Gasteiger charge is 2.24. The maximum absolute atomic E-state index is 13.5. The number of nitrogens with one attached hydrogen (secondary N) is 1. The van der Waals surface area contributed by atoms with E-state index in [2.05, 4.69) is 5.32 Å². The fraction of sp³-hybridized carbons (Fsp3) is 0.179. The van der Waals surface area contributed by atoms with Gasteiger partial charge in [0.1, 0.15) is 5.69 Å². The zero-order valence-electron chi connectivity index (χ0n) is 19.9. The van der Waals surface area contributed by atoms with E-state index in [-0.39, 0.29) is 18.4 Å². The van der Waals surface area contributed by atoms with Gasteiger partial charge in [0.05, 0.1) is 17.8 Å². The molecule has 0 atom stereocenters. The van der Waals surface area contributed by atoms with Crippen molar-refractivity contribution in [1.29, 1.82) is 0 Å². The van der Waals surface area contributed by atoms with Crippen molar-refractivity contribution in [2.75, 3.05) is 18.9 Å². The molecule has 4 aromatic rings. The van der Waals surface area contributed by atoms with Crippen LogP contribution in [0.1, 0.15) is 27.0 Å². The maximum Gasteiger partial charge on any atom is 0.257 e. The van der Waals surface area contributed by atoms with E-state index in [1.165, 1.54) is 4.90 Å². The highest BCUT2D eigenvalue weighted by Crippen LogP contribution is 2.27. The van der Waals surface area contributed by atoms with Crippen LogP contribution in [0, 0.1) is 20.8 Å². The van der Waals surface area contributed by atoms with Gasteiger partial charge in [-0.1, -0.05) is 60.7 Å². The fourth-order valence-corrected chi connectivity index (χ4v) is 3.96. The molecule has 1 N–H and O–H groups in total. The van der Waals surface area contributed by atoms with Gasteiger partial charge < -0.3 is 10.2 Å². The van der Waals surface area contributed by atoms with Crippen LogP contribution < -0.4 is 5.32 Å². The third-order valence-electron chi connectivity index (χ3n) is 5.84. The Kier molecular flexibility index (Phi) is 6.59. The fourth-order valence-electron chi connectivity index (χ4n) is 3.96. The summed E-state index contributed by atoms with van der Waals surface area (Å²) < 4.78 is 1.71. The van der Waals surface area contributed by atoms with Gasteiger partial charge in [0.25, 0.3) is 5.91 Å². The van der Waals surface area contributed by atoms with Crippen molar-refractivity contribution < 1.29 is 9.59 Å². The Labute approximate surface area is 199 Å². The highest BCUT2D eigenvalue weighted by molar-refractivity contribution is 6.03. The average molecular weight is 453 g/mol. The van der Waals surface area contributed by atoms with E-state index >= 15 is 0 Å². The van der Waals surface area contributed by atoms with Crippen LogP contribution in [-0.4, -0.2) is 40.1 Å². The summed E-state index contributed by atoms with van der Waals surface area (Å²) in [6.07, 6.45) is 1.74. The third kappa shape index (κ3) is 4.76. The monoisotopic (exact) mass is 452 g/mol. The first kappa shape index (κ1) is 23.0. The second kappa shape index (κ2) is 9.75. The summed E-state index contributed by atoms with van der Waals surface area (Å²) in [4.78, 5) is 27.7. The minimum Gasteiger partial charge on any atom is -0.332 e. The lowest BCUT2D eigenvalue weighted by Crippen LogP contribution is -2.35. The lowest BCUT2D eigenvalue weighted by atomic mass is 10.0. The summed E-state index contributed by atoms with van der Waals surface area (Å²) in [6.45, 7) is 5.82. The number of anilines is 1. The molecular weight excluding hydrogens is 424 g/mol.